The van der Waals surface area contributed by atoms with Gasteiger partial charge in [-0.15, -0.1) is 0 Å². The summed E-state index contributed by atoms with van der Waals surface area (Å²) in [5.41, 5.74) is 3.00. The summed E-state index contributed by atoms with van der Waals surface area (Å²) in [5.74, 6) is -0.494. The van der Waals surface area contributed by atoms with E-state index in [2.05, 4.69) is 10.5 Å². The summed E-state index contributed by atoms with van der Waals surface area (Å²) < 4.78 is 0. The molecule has 1 atom stereocenters. The molecule has 0 saturated carbocycles. The zero-order chi connectivity index (χ0) is 13.4. The molecule has 0 bridgehead atoms. The number of rotatable bonds is 6. The highest BCUT2D eigenvalue weighted by Gasteiger charge is 2.12. The van der Waals surface area contributed by atoms with Crippen molar-refractivity contribution >= 4 is 23.7 Å². The van der Waals surface area contributed by atoms with Crippen LogP contribution in [-0.2, 0) is 4.79 Å². The first-order valence-corrected chi connectivity index (χ1v) is 6.28. The molecule has 98 valence electrons. The summed E-state index contributed by atoms with van der Waals surface area (Å²) in [5, 5.41) is 13.8. The van der Waals surface area contributed by atoms with Crippen LogP contribution < -0.4 is 5.43 Å². The molecule has 0 aromatic heterocycles. The quantitative estimate of drug-likeness (QED) is 0.614. The van der Waals surface area contributed by atoms with Crippen LogP contribution in [0.3, 0.4) is 0 Å². The lowest BCUT2D eigenvalue weighted by Crippen LogP contribution is -2.31. The van der Waals surface area contributed by atoms with Gasteiger partial charge in [0.2, 0.25) is 0 Å². The van der Waals surface area contributed by atoms with Crippen LogP contribution in [0.4, 0.5) is 0 Å². The maximum absolute atomic E-state index is 11.4. The molecule has 5 heteroatoms. The molecular formula is C13H17ClN2O2. The average molecular weight is 269 g/mol. The number of halogens is 1. The Morgan fingerprint density at radius 3 is 2.94 bits per heavy atom. The van der Waals surface area contributed by atoms with Gasteiger partial charge in [0.25, 0.3) is 5.91 Å². The van der Waals surface area contributed by atoms with E-state index in [9.17, 15) is 9.90 Å². The maximum Gasteiger partial charge on any atom is 0.268 e. The molecule has 0 spiro atoms. The number of carbonyl (C=O) groups is 1. The Morgan fingerprint density at radius 1 is 1.56 bits per heavy atom. The molecule has 2 N–H and O–H groups in total. The van der Waals surface area contributed by atoms with E-state index in [0.717, 1.165) is 12.8 Å². The third kappa shape index (κ3) is 4.85. The van der Waals surface area contributed by atoms with Gasteiger partial charge in [-0.1, -0.05) is 49.6 Å². The van der Waals surface area contributed by atoms with E-state index in [1.165, 1.54) is 6.21 Å². The summed E-state index contributed by atoms with van der Waals surface area (Å²) in [7, 11) is 0. The second kappa shape index (κ2) is 7.84. The number of unbranched alkanes of at least 4 members (excludes halogenated alkanes) is 1. The van der Waals surface area contributed by atoms with Gasteiger partial charge in [-0.05, 0) is 12.5 Å². The Labute approximate surface area is 112 Å². The smallest absolute Gasteiger partial charge is 0.268 e. The number of hydrazone groups is 1. The number of benzene rings is 1. The highest BCUT2D eigenvalue weighted by atomic mass is 35.5. The fraction of sp³-hybridized carbons (Fsp3) is 0.385. The number of hydrogen-bond acceptors (Lipinski definition) is 3. The highest BCUT2D eigenvalue weighted by molar-refractivity contribution is 6.33. The normalized spacial score (nSPS) is 12.6. The van der Waals surface area contributed by atoms with Gasteiger partial charge >= 0.3 is 0 Å². The minimum Gasteiger partial charge on any atom is -0.383 e. The topological polar surface area (TPSA) is 61.7 Å². The van der Waals surface area contributed by atoms with E-state index >= 15 is 0 Å². The first-order valence-electron chi connectivity index (χ1n) is 5.90. The Kier molecular flexibility index (Phi) is 6.39. The van der Waals surface area contributed by atoms with Crippen LogP contribution in [0.5, 0.6) is 0 Å². The molecular weight excluding hydrogens is 252 g/mol. The minimum absolute atomic E-state index is 0.448. The van der Waals surface area contributed by atoms with E-state index in [1.54, 1.807) is 12.1 Å². The molecule has 0 aliphatic rings. The van der Waals surface area contributed by atoms with Crippen LogP contribution in [0.25, 0.3) is 0 Å². The number of nitrogens with one attached hydrogen (secondary N) is 1. The fourth-order valence-electron chi connectivity index (χ4n) is 1.35. The molecule has 0 saturated heterocycles. The molecule has 0 radical (unpaired) electrons. The van der Waals surface area contributed by atoms with Crippen molar-refractivity contribution in [1.82, 2.24) is 5.43 Å². The van der Waals surface area contributed by atoms with Gasteiger partial charge in [0, 0.05) is 10.6 Å². The van der Waals surface area contributed by atoms with Crippen LogP contribution >= 0.6 is 11.6 Å². The van der Waals surface area contributed by atoms with Crippen molar-refractivity contribution in [1.29, 1.82) is 0 Å². The molecule has 1 unspecified atom stereocenters. The predicted octanol–water partition coefficient (Wildman–Crippen LogP) is 2.34. The number of amides is 1. The molecule has 0 heterocycles. The maximum atomic E-state index is 11.4. The van der Waals surface area contributed by atoms with Gasteiger partial charge < -0.3 is 5.11 Å². The van der Waals surface area contributed by atoms with Gasteiger partial charge in [-0.25, -0.2) is 5.43 Å². The second-order valence-electron chi connectivity index (χ2n) is 3.91. The molecule has 0 fully saturated rings. The Hall–Kier alpha value is -1.39. The zero-order valence-corrected chi connectivity index (χ0v) is 11.0. The third-order valence-corrected chi connectivity index (χ3v) is 2.76. The third-order valence-electron chi connectivity index (χ3n) is 2.42. The van der Waals surface area contributed by atoms with Crippen molar-refractivity contribution in [2.24, 2.45) is 5.10 Å². The van der Waals surface area contributed by atoms with Crippen molar-refractivity contribution in [2.75, 3.05) is 0 Å². The molecule has 0 aliphatic heterocycles. The summed E-state index contributed by atoms with van der Waals surface area (Å²) in [6, 6.07) is 7.16. The predicted molar refractivity (Wildman–Crippen MR) is 72.7 cm³/mol. The van der Waals surface area contributed by atoms with Crippen LogP contribution in [0.2, 0.25) is 5.02 Å². The van der Waals surface area contributed by atoms with E-state index in [4.69, 9.17) is 11.6 Å². The van der Waals surface area contributed by atoms with Crippen molar-refractivity contribution < 1.29 is 9.90 Å². The van der Waals surface area contributed by atoms with Crippen molar-refractivity contribution in [3.8, 4) is 0 Å². The number of aliphatic hydroxyl groups is 1. The van der Waals surface area contributed by atoms with Crippen LogP contribution in [0.15, 0.2) is 29.4 Å². The van der Waals surface area contributed by atoms with E-state index in [1.807, 2.05) is 19.1 Å². The lowest BCUT2D eigenvalue weighted by Gasteiger charge is -2.07. The molecule has 0 aliphatic carbocycles. The summed E-state index contributed by atoms with van der Waals surface area (Å²) in [6.45, 7) is 2.00. The van der Waals surface area contributed by atoms with Crippen molar-refractivity contribution in [2.45, 2.75) is 32.3 Å². The molecule has 1 amide bonds. The van der Waals surface area contributed by atoms with Gasteiger partial charge in [-0.2, -0.15) is 5.10 Å². The summed E-state index contributed by atoms with van der Waals surface area (Å²) in [4.78, 5) is 11.4. The molecule has 18 heavy (non-hydrogen) atoms. The molecule has 1 aromatic rings. The molecule has 1 aromatic carbocycles. The molecule has 1 rings (SSSR count). The van der Waals surface area contributed by atoms with Gasteiger partial charge in [0.05, 0.1) is 6.21 Å². The number of aliphatic hydroxyl groups excluding tert-OH is 1. The van der Waals surface area contributed by atoms with Gasteiger partial charge in [0.1, 0.15) is 6.10 Å². The minimum atomic E-state index is -1.01. The standard InChI is InChI=1S/C13H17ClN2O2/c1-2-3-8-12(17)13(18)16-15-9-10-6-4-5-7-11(10)14/h4-7,9,12,17H,2-3,8H2,1H3,(H,16,18)/b15-9+. The van der Waals surface area contributed by atoms with Crippen LogP contribution in [0, 0.1) is 0 Å². The zero-order valence-electron chi connectivity index (χ0n) is 10.3. The second-order valence-corrected chi connectivity index (χ2v) is 4.32. The fourth-order valence-corrected chi connectivity index (χ4v) is 1.53. The first-order chi connectivity index (χ1) is 8.65. The van der Waals surface area contributed by atoms with Gasteiger partial charge in [0.15, 0.2) is 0 Å². The van der Waals surface area contributed by atoms with Crippen molar-refractivity contribution in [3.63, 3.8) is 0 Å². The molecule has 4 nitrogen and oxygen atoms in total. The SMILES string of the molecule is CCCCC(O)C(=O)N/N=C/c1ccccc1Cl. The first kappa shape index (κ1) is 14.7. The van der Waals surface area contributed by atoms with E-state index in [-0.39, 0.29) is 0 Å². The van der Waals surface area contributed by atoms with Crippen LogP contribution in [0.1, 0.15) is 31.7 Å². The average Bonchev–Trinajstić information content (AvgIpc) is 2.38. The summed E-state index contributed by atoms with van der Waals surface area (Å²) in [6.07, 6.45) is 2.64. The number of hydrogen-bond donors (Lipinski definition) is 2. The van der Waals surface area contributed by atoms with Crippen molar-refractivity contribution in [3.05, 3.63) is 34.9 Å². The Bertz CT molecular complexity index is 421. The van der Waals surface area contributed by atoms with E-state index < -0.39 is 12.0 Å². The largest absolute Gasteiger partial charge is 0.383 e. The lowest BCUT2D eigenvalue weighted by atomic mass is 10.1. The van der Waals surface area contributed by atoms with Crippen LogP contribution in [-0.4, -0.2) is 23.3 Å². The summed E-state index contributed by atoms with van der Waals surface area (Å²) >= 11 is 5.92. The number of carbonyl (C=O) groups excluding carboxylic acids is 1. The number of nitrogens with zero attached hydrogens (tertiary/aromatic N) is 1. The Morgan fingerprint density at radius 2 is 2.28 bits per heavy atom. The van der Waals surface area contributed by atoms with E-state index in [0.29, 0.717) is 17.0 Å². The monoisotopic (exact) mass is 268 g/mol. The van der Waals surface area contributed by atoms with Gasteiger partial charge in [-0.3, -0.25) is 4.79 Å². The lowest BCUT2D eigenvalue weighted by molar-refractivity contribution is -0.129. The Balaban J connectivity index is 2.45. The highest BCUT2D eigenvalue weighted by Crippen LogP contribution is 2.12.